The monoisotopic (exact) mass is 750 g/mol. The van der Waals surface area contributed by atoms with Crippen molar-refractivity contribution in [1.29, 1.82) is 0 Å². The Morgan fingerprint density at radius 1 is 0.500 bits per heavy atom. The first-order chi connectivity index (χ1) is 25.3. The minimum absolute atomic E-state index is 0.282. The molecule has 2 unspecified atom stereocenters. The highest BCUT2D eigenvalue weighted by molar-refractivity contribution is 7.85. The van der Waals surface area contributed by atoms with E-state index in [9.17, 15) is 22.9 Å². The van der Waals surface area contributed by atoms with E-state index in [1.807, 2.05) is 0 Å². The molecule has 0 aliphatic carbocycles. The van der Waals surface area contributed by atoms with Gasteiger partial charge in [-0.15, -0.1) is 0 Å². The topological polar surface area (TPSA) is 104 Å². The highest BCUT2D eigenvalue weighted by Crippen LogP contribution is 2.14. The molecular formula is C45H83NO5S. The molecule has 0 fully saturated rings. The summed E-state index contributed by atoms with van der Waals surface area (Å²) in [7, 11) is -4.36. The fraction of sp³-hybridized carbons (Fsp3) is 0.800. The molecule has 0 spiro atoms. The zero-order valence-corrected chi connectivity index (χ0v) is 34.7. The Hall–Kier alpha value is -1.70. The second-order valence-corrected chi connectivity index (χ2v) is 16.4. The highest BCUT2D eigenvalue weighted by Gasteiger charge is 2.24. The van der Waals surface area contributed by atoms with Crippen LogP contribution in [0.5, 0.6) is 0 Å². The van der Waals surface area contributed by atoms with Gasteiger partial charge in [-0.05, 0) is 70.6 Å². The van der Waals surface area contributed by atoms with Gasteiger partial charge in [0.15, 0.2) is 0 Å². The van der Waals surface area contributed by atoms with Crippen LogP contribution in [0.4, 0.5) is 0 Å². The van der Waals surface area contributed by atoms with Gasteiger partial charge in [0.25, 0.3) is 10.1 Å². The fourth-order valence-corrected chi connectivity index (χ4v) is 7.15. The van der Waals surface area contributed by atoms with Crippen molar-refractivity contribution in [3.05, 3.63) is 48.6 Å². The third-order valence-corrected chi connectivity index (χ3v) is 10.5. The van der Waals surface area contributed by atoms with Gasteiger partial charge < -0.3 is 10.4 Å². The average Bonchev–Trinajstić information content (AvgIpc) is 3.11. The third-order valence-electron chi connectivity index (χ3n) is 9.71. The third kappa shape index (κ3) is 39.5. The van der Waals surface area contributed by atoms with Crippen LogP contribution in [-0.4, -0.2) is 41.9 Å². The summed E-state index contributed by atoms with van der Waals surface area (Å²) in [5, 5.41) is 13.2. The molecule has 6 nitrogen and oxygen atoms in total. The second-order valence-electron chi connectivity index (χ2n) is 15.0. The zero-order chi connectivity index (χ0) is 38.2. The SMILES string of the molecule is CCCCCCCC/C=C\CCCCCCCCCCCC(=O)NC(CS(=O)(=O)O)C(O)/C=C/CC/C=C/CC/C=C/CCCCCCCCCC. The van der Waals surface area contributed by atoms with Gasteiger partial charge in [-0.3, -0.25) is 9.35 Å². The quantitative estimate of drug-likeness (QED) is 0.0330. The maximum atomic E-state index is 12.5. The number of allylic oxidation sites excluding steroid dienone is 7. The largest absolute Gasteiger partial charge is 0.387 e. The Kier molecular flexibility index (Phi) is 37.7. The van der Waals surface area contributed by atoms with Crippen LogP contribution in [0.15, 0.2) is 48.6 Å². The van der Waals surface area contributed by atoms with E-state index >= 15 is 0 Å². The Balaban J connectivity index is 3.96. The van der Waals surface area contributed by atoms with E-state index in [1.54, 1.807) is 6.08 Å². The van der Waals surface area contributed by atoms with Crippen molar-refractivity contribution in [2.24, 2.45) is 0 Å². The lowest BCUT2D eigenvalue weighted by Gasteiger charge is -2.21. The number of aliphatic hydroxyl groups excluding tert-OH is 1. The van der Waals surface area contributed by atoms with E-state index < -0.39 is 28.0 Å². The molecule has 7 heteroatoms. The summed E-state index contributed by atoms with van der Waals surface area (Å²) in [5.74, 6) is -1.01. The van der Waals surface area contributed by atoms with E-state index in [-0.39, 0.29) is 12.3 Å². The van der Waals surface area contributed by atoms with Crippen LogP contribution in [0.2, 0.25) is 0 Å². The van der Waals surface area contributed by atoms with Gasteiger partial charge in [-0.1, -0.05) is 184 Å². The number of hydrogen-bond donors (Lipinski definition) is 3. The Morgan fingerprint density at radius 2 is 0.827 bits per heavy atom. The molecule has 0 aromatic heterocycles. The highest BCUT2D eigenvalue weighted by atomic mass is 32.2. The minimum Gasteiger partial charge on any atom is -0.387 e. The Morgan fingerprint density at radius 3 is 1.21 bits per heavy atom. The number of amides is 1. The van der Waals surface area contributed by atoms with Crippen LogP contribution in [0.3, 0.4) is 0 Å². The molecular weight excluding hydrogens is 667 g/mol. The van der Waals surface area contributed by atoms with E-state index in [0.717, 1.165) is 38.5 Å². The summed E-state index contributed by atoms with van der Waals surface area (Å²) < 4.78 is 32.5. The average molecular weight is 750 g/mol. The normalized spacial score (nSPS) is 13.7. The number of unbranched alkanes of at least 4 members (excludes halogenated alkanes) is 25. The fourth-order valence-electron chi connectivity index (χ4n) is 6.42. The van der Waals surface area contributed by atoms with Crippen molar-refractivity contribution < 1.29 is 22.9 Å². The van der Waals surface area contributed by atoms with Crippen molar-refractivity contribution in [3.63, 3.8) is 0 Å². The number of aliphatic hydroxyl groups is 1. The number of hydrogen-bond acceptors (Lipinski definition) is 4. The van der Waals surface area contributed by atoms with E-state index in [2.05, 4.69) is 55.6 Å². The van der Waals surface area contributed by atoms with Gasteiger partial charge >= 0.3 is 0 Å². The number of nitrogens with one attached hydrogen (secondary N) is 1. The lowest BCUT2D eigenvalue weighted by Crippen LogP contribution is -2.46. The maximum Gasteiger partial charge on any atom is 0.267 e. The molecule has 52 heavy (non-hydrogen) atoms. The zero-order valence-electron chi connectivity index (χ0n) is 33.9. The Bertz CT molecular complexity index is 1000. The van der Waals surface area contributed by atoms with Crippen LogP contribution in [0, 0.1) is 0 Å². The lowest BCUT2D eigenvalue weighted by atomic mass is 10.0. The Labute approximate surface area is 322 Å². The molecule has 1 amide bonds. The molecule has 0 heterocycles. The number of carbonyl (C=O) groups excluding carboxylic acids is 1. The van der Waals surface area contributed by atoms with E-state index in [0.29, 0.717) is 6.42 Å². The van der Waals surface area contributed by atoms with Crippen molar-refractivity contribution in [2.45, 2.75) is 225 Å². The van der Waals surface area contributed by atoms with Crippen molar-refractivity contribution >= 4 is 16.0 Å². The van der Waals surface area contributed by atoms with Crippen molar-refractivity contribution in [1.82, 2.24) is 5.32 Å². The molecule has 0 saturated carbocycles. The summed E-state index contributed by atoms with van der Waals surface area (Å²) in [4.78, 5) is 12.5. The summed E-state index contributed by atoms with van der Waals surface area (Å²) in [5.41, 5.74) is 0. The van der Waals surface area contributed by atoms with Crippen molar-refractivity contribution in [3.8, 4) is 0 Å². The molecule has 0 radical (unpaired) electrons. The first kappa shape index (κ1) is 50.3. The van der Waals surface area contributed by atoms with Crippen LogP contribution in [-0.2, 0) is 14.9 Å². The molecule has 0 aliphatic heterocycles. The number of carbonyl (C=O) groups is 1. The summed E-state index contributed by atoms with van der Waals surface area (Å²) in [6.07, 6.45) is 52.4. The van der Waals surface area contributed by atoms with Crippen LogP contribution >= 0.6 is 0 Å². The van der Waals surface area contributed by atoms with Gasteiger partial charge in [0.1, 0.15) is 0 Å². The van der Waals surface area contributed by atoms with Crippen LogP contribution < -0.4 is 5.32 Å². The molecule has 3 N–H and O–H groups in total. The van der Waals surface area contributed by atoms with Crippen LogP contribution in [0.25, 0.3) is 0 Å². The van der Waals surface area contributed by atoms with Gasteiger partial charge in [0.05, 0.1) is 17.9 Å². The molecule has 304 valence electrons. The molecule has 0 aromatic rings. The molecule has 0 bridgehead atoms. The maximum absolute atomic E-state index is 12.5. The standard InChI is InChI=1S/C45H83NO5S/c1-3-5-7-9-11-13-15-17-19-21-23-25-27-29-31-33-35-37-39-41-45(48)46-43(42-52(49,50)51)44(47)40-38-36-34-32-30-28-26-24-22-20-18-16-14-12-10-8-6-4-2/h17,19,22,24,30,32,38,40,43-44,47H,3-16,18,20-21,23,25-29,31,33-37,39,41-42H2,1-2H3,(H,46,48)(H,49,50,51)/b19-17-,24-22+,32-30+,40-38+. The van der Waals surface area contributed by atoms with E-state index in [1.165, 1.54) is 154 Å². The molecule has 0 rings (SSSR count). The minimum atomic E-state index is -4.36. The molecule has 2 atom stereocenters. The summed E-state index contributed by atoms with van der Waals surface area (Å²) >= 11 is 0. The number of rotatable bonds is 39. The van der Waals surface area contributed by atoms with Gasteiger partial charge in [0, 0.05) is 6.42 Å². The summed E-state index contributed by atoms with van der Waals surface area (Å²) in [6, 6.07) is -1.08. The first-order valence-corrected chi connectivity index (χ1v) is 23.4. The predicted octanol–water partition coefficient (Wildman–Crippen LogP) is 13.1. The summed E-state index contributed by atoms with van der Waals surface area (Å²) in [6.45, 7) is 4.52. The molecule has 0 aromatic carbocycles. The second kappa shape index (κ2) is 39.0. The first-order valence-electron chi connectivity index (χ1n) is 21.8. The lowest BCUT2D eigenvalue weighted by molar-refractivity contribution is -0.122. The van der Waals surface area contributed by atoms with Crippen LogP contribution in [0.1, 0.15) is 213 Å². The predicted molar refractivity (Wildman–Crippen MR) is 225 cm³/mol. The van der Waals surface area contributed by atoms with E-state index in [4.69, 9.17) is 0 Å². The van der Waals surface area contributed by atoms with Gasteiger partial charge in [-0.25, -0.2) is 0 Å². The van der Waals surface area contributed by atoms with Crippen molar-refractivity contribution in [2.75, 3.05) is 5.75 Å². The smallest absolute Gasteiger partial charge is 0.267 e. The molecule has 0 aliphatic rings. The van der Waals surface area contributed by atoms with Gasteiger partial charge in [-0.2, -0.15) is 8.42 Å². The van der Waals surface area contributed by atoms with Gasteiger partial charge in [0.2, 0.25) is 5.91 Å². The molecule has 0 saturated heterocycles.